The van der Waals surface area contributed by atoms with Crippen molar-refractivity contribution in [3.8, 4) is 0 Å². The van der Waals surface area contributed by atoms with Crippen molar-refractivity contribution in [3.63, 3.8) is 0 Å². The Balaban J connectivity index is 1.63. The molecule has 0 aromatic heterocycles. The summed E-state index contributed by atoms with van der Waals surface area (Å²) in [6.45, 7) is 0.0119. The van der Waals surface area contributed by atoms with Gasteiger partial charge in [0.15, 0.2) is 0 Å². The maximum absolute atomic E-state index is 13.0. The van der Waals surface area contributed by atoms with Crippen LogP contribution in [-0.4, -0.2) is 46.8 Å². The molecule has 1 N–H and O–H groups in total. The van der Waals surface area contributed by atoms with Crippen molar-refractivity contribution in [1.82, 2.24) is 15.1 Å². The number of carbonyl (C=O) groups is 3. The highest BCUT2D eigenvalue weighted by Crippen LogP contribution is 2.32. The van der Waals surface area contributed by atoms with Crippen LogP contribution in [-0.2, 0) is 16.1 Å². The molecule has 7 heteroatoms. The van der Waals surface area contributed by atoms with E-state index in [4.69, 9.17) is 0 Å². The Kier molecular flexibility index (Phi) is 5.77. The van der Waals surface area contributed by atoms with Gasteiger partial charge in [0.25, 0.3) is 5.91 Å². The highest BCUT2D eigenvalue weighted by atomic mass is 19.1. The minimum Gasteiger partial charge on any atom is -0.340 e. The van der Waals surface area contributed by atoms with Crippen LogP contribution in [0.25, 0.3) is 0 Å². The Labute approximate surface area is 158 Å². The lowest BCUT2D eigenvalue weighted by molar-refractivity contribution is -0.139. The van der Waals surface area contributed by atoms with E-state index in [1.807, 2.05) is 0 Å². The standard InChI is InChI=1S/C20H26FN3O3/c1-23(13-15-7-9-16(21)10-8-15)17(25)14-24-18(26)20(22-19(24)27)11-5-3-2-4-6-12-20/h7-10H,2-6,11-14H2,1H3,(H,22,27). The molecule has 1 saturated heterocycles. The number of likely N-dealkylation sites (N-methyl/N-ethyl adjacent to an activating group) is 1. The molecule has 6 nitrogen and oxygen atoms in total. The van der Waals surface area contributed by atoms with Gasteiger partial charge < -0.3 is 10.2 Å². The predicted molar refractivity (Wildman–Crippen MR) is 98.2 cm³/mol. The molecule has 2 aliphatic rings. The van der Waals surface area contributed by atoms with Crippen LogP contribution in [0.15, 0.2) is 24.3 Å². The SMILES string of the molecule is CN(Cc1ccc(F)cc1)C(=O)CN1C(=O)NC2(CCCCCCC2)C1=O. The summed E-state index contributed by atoms with van der Waals surface area (Å²) in [5.41, 5.74) is -0.0613. The zero-order valence-electron chi connectivity index (χ0n) is 15.7. The van der Waals surface area contributed by atoms with Crippen molar-refractivity contribution in [2.75, 3.05) is 13.6 Å². The lowest BCUT2D eigenvalue weighted by Crippen LogP contribution is -2.48. The van der Waals surface area contributed by atoms with Gasteiger partial charge in [-0.25, -0.2) is 9.18 Å². The second-order valence-electron chi connectivity index (χ2n) is 7.55. The minimum absolute atomic E-state index is 0.274. The molecular weight excluding hydrogens is 349 g/mol. The van der Waals surface area contributed by atoms with E-state index >= 15 is 0 Å². The number of halogens is 1. The molecule has 1 saturated carbocycles. The quantitative estimate of drug-likeness (QED) is 0.823. The van der Waals surface area contributed by atoms with Crippen molar-refractivity contribution in [1.29, 1.82) is 0 Å². The van der Waals surface area contributed by atoms with Crippen molar-refractivity contribution >= 4 is 17.8 Å². The van der Waals surface area contributed by atoms with Gasteiger partial charge in [-0.3, -0.25) is 14.5 Å². The summed E-state index contributed by atoms with van der Waals surface area (Å²) in [7, 11) is 1.61. The molecule has 1 aromatic carbocycles. The molecule has 1 aromatic rings. The van der Waals surface area contributed by atoms with Crippen LogP contribution in [0.4, 0.5) is 9.18 Å². The average Bonchev–Trinajstić information content (AvgIpc) is 2.85. The average molecular weight is 375 g/mol. The normalized spacial score (nSPS) is 19.6. The predicted octanol–water partition coefficient (Wildman–Crippen LogP) is 2.82. The lowest BCUT2D eigenvalue weighted by Gasteiger charge is -2.28. The molecule has 3 rings (SSSR count). The maximum Gasteiger partial charge on any atom is 0.325 e. The van der Waals surface area contributed by atoms with E-state index in [2.05, 4.69) is 5.32 Å². The zero-order chi connectivity index (χ0) is 19.4. The molecule has 0 atom stereocenters. The molecule has 1 heterocycles. The third-order valence-electron chi connectivity index (χ3n) is 5.51. The fourth-order valence-corrected chi connectivity index (χ4v) is 3.88. The summed E-state index contributed by atoms with van der Waals surface area (Å²) >= 11 is 0. The van der Waals surface area contributed by atoms with Crippen LogP contribution >= 0.6 is 0 Å². The van der Waals surface area contributed by atoms with Crippen LogP contribution in [0.1, 0.15) is 50.5 Å². The number of benzene rings is 1. The first kappa shape index (κ1) is 19.3. The minimum atomic E-state index is -0.840. The maximum atomic E-state index is 13.0. The largest absolute Gasteiger partial charge is 0.340 e. The molecule has 1 aliphatic heterocycles. The lowest BCUT2D eigenvalue weighted by atomic mass is 9.84. The Morgan fingerprint density at radius 2 is 1.70 bits per heavy atom. The summed E-state index contributed by atoms with van der Waals surface area (Å²) in [6.07, 6.45) is 6.35. The summed E-state index contributed by atoms with van der Waals surface area (Å²) in [4.78, 5) is 40.4. The Morgan fingerprint density at radius 3 is 2.33 bits per heavy atom. The molecule has 2 fully saturated rings. The Morgan fingerprint density at radius 1 is 1.11 bits per heavy atom. The molecule has 27 heavy (non-hydrogen) atoms. The van der Waals surface area contributed by atoms with Crippen LogP contribution in [0.2, 0.25) is 0 Å². The molecule has 146 valence electrons. The van der Waals surface area contributed by atoms with Crippen molar-refractivity contribution in [2.45, 2.75) is 57.0 Å². The van der Waals surface area contributed by atoms with Crippen molar-refractivity contribution in [3.05, 3.63) is 35.6 Å². The van der Waals surface area contributed by atoms with Crippen molar-refractivity contribution < 1.29 is 18.8 Å². The molecule has 1 aliphatic carbocycles. The van der Waals surface area contributed by atoms with Gasteiger partial charge in [0.1, 0.15) is 17.9 Å². The molecule has 0 bridgehead atoms. The van der Waals surface area contributed by atoms with Gasteiger partial charge in [0.05, 0.1) is 0 Å². The van der Waals surface area contributed by atoms with Gasteiger partial charge >= 0.3 is 6.03 Å². The summed E-state index contributed by atoms with van der Waals surface area (Å²) in [6, 6.07) is 5.41. The number of hydrogen-bond acceptors (Lipinski definition) is 3. The third-order valence-corrected chi connectivity index (χ3v) is 5.51. The van der Waals surface area contributed by atoms with Gasteiger partial charge in [-0.2, -0.15) is 0 Å². The Hall–Kier alpha value is -2.44. The smallest absolute Gasteiger partial charge is 0.325 e. The summed E-state index contributed by atoms with van der Waals surface area (Å²) < 4.78 is 13.0. The van der Waals surface area contributed by atoms with Gasteiger partial charge in [-0.15, -0.1) is 0 Å². The fourth-order valence-electron chi connectivity index (χ4n) is 3.88. The van der Waals surface area contributed by atoms with Gasteiger partial charge in [-0.1, -0.05) is 44.2 Å². The van der Waals surface area contributed by atoms with E-state index in [1.165, 1.54) is 17.0 Å². The highest BCUT2D eigenvalue weighted by molar-refractivity contribution is 6.09. The van der Waals surface area contributed by atoms with E-state index in [9.17, 15) is 18.8 Å². The topological polar surface area (TPSA) is 69.7 Å². The highest BCUT2D eigenvalue weighted by Gasteiger charge is 2.50. The van der Waals surface area contributed by atoms with Gasteiger partial charge in [-0.05, 0) is 30.5 Å². The number of imide groups is 1. The second-order valence-corrected chi connectivity index (χ2v) is 7.55. The zero-order valence-corrected chi connectivity index (χ0v) is 15.7. The van der Waals surface area contributed by atoms with Gasteiger partial charge in [0, 0.05) is 13.6 Å². The monoisotopic (exact) mass is 375 g/mol. The van der Waals surface area contributed by atoms with E-state index in [-0.39, 0.29) is 30.7 Å². The van der Waals surface area contributed by atoms with E-state index in [1.54, 1.807) is 19.2 Å². The number of urea groups is 1. The fraction of sp³-hybridized carbons (Fsp3) is 0.550. The van der Waals surface area contributed by atoms with Crippen LogP contribution in [0.3, 0.4) is 0 Å². The second kappa shape index (κ2) is 8.06. The van der Waals surface area contributed by atoms with Crippen LogP contribution in [0, 0.1) is 5.82 Å². The first-order valence-electron chi connectivity index (χ1n) is 9.54. The molecule has 0 radical (unpaired) electrons. The van der Waals surface area contributed by atoms with E-state index in [0.29, 0.717) is 12.8 Å². The van der Waals surface area contributed by atoms with Gasteiger partial charge in [0.2, 0.25) is 5.91 Å². The van der Waals surface area contributed by atoms with Crippen molar-refractivity contribution in [2.24, 2.45) is 0 Å². The first-order chi connectivity index (χ1) is 12.9. The van der Waals surface area contributed by atoms with Crippen LogP contribution < -0.4 is 5.32 Å². The summed E-state index contributed by atoms with van der Waals surface area (Å²) in [5.74, 6) is -0.944. The number of rotatable bonds is 4. The number of carbonyl (C=O) groups excluding carboxylic acids is 3. The Bertz CT molecular complexity index is 712. The third kappa shape index (κ3) is 4.28. The molecule has 4 amide bonds. The summed E-state index contributed by atoms with van der Waals surface area (Å²) in [5, 5.41) is 2.86. The molecule has 1 spiro atoms. The number of nitrogens with one attached hydrogen (secondary N) is 1. The number of amides is 4. The first-order valence-corrected chi connectivity index (χ1v) is 9.54. The molecule has 0 unspecified atom stereocenters. The van der Waals surface area contributed by atoms with E-state index < -0.39 is 11.6 Å². The molecular formula is C20H26FN3O3. The van der Waals surface area contributed by atoms with E-state index in [0.717, 1.165) is 42.6 Å². The van der Waals surface area contributed by atoms with Crippen LogP contribution in [0.5, 0.6) is 0 Å². The number of nitrogens with zero attached hydrogens (tertiary/aromatic N) is 2. The number of hydrogen-bond donors (Lipinski definition) is 1.